The Kier molecular flexibility index (Phi) is 9.19. The number of hydrogen-bond acceptors (Lipinski definition) is 8. The highest BCUT2D eigenvalue weighted by atomic mass is 19.1. The topological polar surface area (TPSA) is 111 Å². The standard InChI is InChI=1S/C21H19F2N5.C21H20FN5/c1-28-11-15-6-13(8-18(23)21(15)27-28)14-7-17(22)16-10-19(25-26-20(16)9-14)12-2-4-24-5-3-12;1-27-12-16-8-14(2-3-19(16)26-27)15-9-18(22)17-11-20(24-25-21(17)10-15)13-4-6-23-7-5-13/h6-12,24H,2-5H2,1H3;2-3,8-13,23H,4-7H2,1H3. The fraction of sp³-hybridized carbons (Fsp3) is 0.286. The summed E-state index contributed by atoms with van der Waals surface area (Å²) < 4.78 is 47.6. The van der Waals surface area contributed by atoms with Gasteiger partial charge in [-0.05, 0) is 135 Å². The van der Waals surface area contributed by atoms with Crippen molar-refractivity contribution in [3.05, 3.63) is 108 Å². The van der Waals surface area contributed by atoms with Crippen molar-refractivity contribution in [1.29, 1.82) is 0 Å². The van der Waals surface area contributed by atoms with Gasteiger partial charge in [0, 0.05) is 59.9 Å². The third-order valence-electron chi connectivity index (χ3n) is 10.8. The Bertz CT molecular complexity index is 2710. The van der Waals surface area contributed by atoms with Crippen LogP contribution in [0.4, 0.5) is 13.2 Å². The molecule has 0 atom stereocenters. The molecule has 10 rings (SSSR count). The van der Waals surface area contributed by atoms with E-state index in [1.807, 2.05) is 55.7 Å². The highest BCUT2D eigenvalue weighted by molar-refractivity contribution is 5.90. The zero-order chi connectivity index (χ0) is 37.6. The van der Waals surface area contributed by atoms with Crippen LogP contribution in [0.25, 0.3) is 65.9 Å². The smallest absolute Gasteiger partial charge is 0.151 e. The van der Waals surface area contributed by atoms with Crippen LogP contribution in [0, 0.1) is 17.5 Å². The van der Waals surface area contributed by atoms with Crippen molar-refractivity contribution in [2.45, 2.75) is 37.5 Å². The van der Waals surface area contributed by atoms with E-state index in [0.717, 1.165) is 85.3 Å². The molecular formula is C42H39F3N10. The van der Waals surface area contributed by atoms with Crippen molar-refractivity contribution in [3.63, 3.8) is 0 Å². The highest BCUT2D eigenvalue weighted by Gasteiger charge is 2.21. The average molecular weight is 741 g/mol. The van der Waals surface area contributed by atoms with Crippen LogP contribution in [0.2, 0.25) is 0 Å². The molecule has 2 N–H and O–H groups in total. The summed E-state index contributed by atoms with van der Waals surface area (Å²) in [5.74, 6) is -0.390. The number of benzene rings is 4. The predicted octanol–water partition coefficient (Wildman–Crippen LogP) is 7.72. The summed E-state index contributed by atoms with van der Waals surface area (Å²) in [6.07, 6.45) is 7.69. The first-order chi connectivity index (χ1) is 26.8. The van der Waals surface area contributed by atoms with Gasteiger partial charge >= 0.3 is 0 Å². The lowest BCUT2D eigenvalue weighted by atomic mass is 9.93. The Morgan fingerprint density at radius 1 is 0.509 bits per heavy atom. The minimum absolute atomic E-state index is 0.251. The van der Waals surface area contributed by atoms with Gasteiger partial charge in [-0.15, -0.1) is 0 Å². The monoisotopic (exact) mass is 740 g/mol. The van der Waals surface area contributed by atoms with E-state index >= 15 is 0 Å². The number of hydrogen-bond donors (Lipinski definition) is 2. The second kappa shape index (κ2) is 14.5. The average Bonchev–Trinajstić information content (AvgIpc) is 3.79. The SMILES string of the molecule is Cn1cc2cc(-c3cc(F)c4cc(C5CCNCC5)nnc4c3)cc(F)c2n1.Cn1cc2cc(-c3cc(F)c4cc(C5CCNCC5)nnc4c3)ccc2n1. The molecule has 6 heterocycles. The second-order valence-corrected chi connectivity index (χ2v) is 14.6. The largest absolute Gasteiger partial charge is 0.317 e. The molecule has 0 saturated carbocycles. The Morgan fingerprint density at radius 3 is 1.60 bits per heavy atom. The quantitative estimate of drug-likeness (QED) is 0.189. The van der Waals surface area contributed by atoms with E-state index in [1.54, 1.807) is 34.7 Å². The summed E-state index contributed by atoms with van der Waals surface area (Å²) in [5, 5.41) is 35.2. The van der Waals surface area contributed by atoms with Crippen molar-refractivity contribution in [2.24, 2.45) is 14.1 Å². The first-order valence-electron chi connectivity index (χ1n) is 18.7. The maximum atomic E-state index is 14.9. The van der Waals surface area contributed by atoms with Crippen LogP contribution in [0.3, 0.4) is 0 Å². The number of rotatable bonds is 4. The molecule has 13 heteroatoms. The molecule has 0 bridgehead atoms. The molecular weight excluding hydrogens is 702 g/mol. The molecule has 4 aromatic heterocycles. The lowest BCUT2D eigenvalue weighted by Gasteiger charge is -2.21. The fourth-order valence-corrected chi connectivity index (χ4v) is 7.91. The van der Waals surface area contributed by atoms with E-state index in [9.17, 15) is 13.2 Å². The molecule has 2 saturated heterocycles. The summed E-state index contributed by atoms with van der Waals surface area (Å²) in [5.41, 5.74) is 6.92. The van der Waals surface area contributed by atoms with Crippen LogP contribution in [0.15, 0.2) is 79.1 Å². The lowest BCUT2D eigenvalue weighted by Crippen LogP contribution is -2.27. The van der Waals surface area contributed by atoms with E-state index in [4.69, 9.17) is 0 Å². The van der Waals surface area contributed by atoms with Crippen molar-refractivity contribution < 1.29 is 13.2 Å². The van der Waals surface area contributed by atoms with Crippen LogP contribution < -0.4 is 10.6 Å². The van der Waals surface area contributed by atoms with Gasteiger partial charge < -0.3 is 10.6 Å². The zero-order valence-corrected chi connectivity index (χ0v) is 30.5. The lowest BCUT2D eigenvalue weighted by molar-refractivity contribution is 0.451. The summed E-state index contributed by atoms with van der Waals surface area (Å²) in [6.45, 7) is 3.83. The minimum Gasteiger partial charge on any atom is -0.317 e. The maximum absolute atomic E-state index is 14.9. The molecule has 0 unspecified atom stereocenters. The van der Waals surface area contributed by atoms with Crippen molar-refractivity contribution >= 4 is 43.6 Å². The van der Waals surface area contributed by atoms with Crippen LogP contribution in [-0.2, 0) is 14.1 Å². The van der Waals surface area contributed by atoms with E-state index in [0.29, 0.717) is 55.7 Å². The number of aryl methyl sites for hydroxylation is 2. The molecule has 0 aliphatic carbocycles. The Labute approximate surface area is 314 Å². The van der Waals surface area contributed by atoms with Gasteiger partial charge in [-0.1, -0.05) is 6.07 Å². The molecule has 4 aromatic carbocycles. The third-order valence-corrected chi connectivity index (χ3v) is 10.8. The molecule has 55 heavy (non-hydrogen) atoms. The van der Waals surface area contributed by atoms with Crippen LogP contribution in [0.5, 0.6) is 0 Å². The summed E-state index contributed by atoms with van der Waals surface area (Å²) in [6, 6.07) is 19.5. The van der Waals surface area contributed by atoms with E-state index in [2.05, 4.69) is 41.2 Å². The van der Waals surface area contributed by atoms with Gasteiger partial charge in [0.25, 0.3) is 0 Å². The normalized spacial score (nSPS) is 15.6. The van der Waals surface area contributed by atoms with Crippen molar-refractivity contribution in [3.8, 4) is 22.3 Å². The van der Waals surface area contributed by atoms with Crippen LogP contribution in [0.1, 0.15) is 48.9 Å². The molecule has 8 aromatic rings. The number of aromatic nitrogens is 8. The molecule has 278 valence electrons. The Balaban J connectivity index is 0.000000144. The van der Waals surface area contributed by atoms with Gasteiger partial charge in [-0.25, -0.2) is 13.2 Å². The molecule has 0 spiro atoms. The first-order valence-corrected chi connectivity index (χ1v) is 18.7. The van der Waals surface area contributed by atoms with Gasteiger partial charge in [-0.2, -0.15) is 30.6 Å². The van der Waals surface area contributed by atoms with Gasteiger partial charge in [0.1, 0.15) is 17.2 Å². The molecule has 0 radical (unpaired) electrons. The number of nitrogens with zero attached hydrogens (tertiary/aromatic N) is 8. The van der Waals surface area contributed by atoms with Gasteiger partial charge in [0.15, 0.2) is 5.82 Å². The van der Waals surface area contributed by atoms with Gasteiger partial charge in [0.2, 0.25) is 0 Å². The molecule has 10 nitrogen and oxygen atoms in total. The first kappa shape index (κ1) is 34.9. The Hall–Kier alpha value is -5.79. The van der Waals surface area contributed by atoms with Crippen molar-refractivity contribution in [2.75, 3.05) is 26.2 Å². The maximum Gasteiger partial charge on any atom is 0.151 e. The van der Waals surface area contributed by atoms with Gasteiger partial charge in [0.05, 0.1) is 27.9 Å². The van der Waals surface area contributed by atoms with E-state index in [1.165, 1.54) is 12.1 Å². The zero-order valence-electron chi connectivity index (χ0n) is 30.5. The number of piperidine rings is 2. The number of fused-ring (bicyclic) bond motifs is 4. The number of halogens is 3. The van der Waals surface area contributed by atoms with Gasteiger partial charge in [-0.3, -0.25) is 9.36 Å². The van der Waals surface area contributed by atoms with Crippen LogP contribution in [-0.4, -0.2) is 66.1 Å². The predicted molar refractivity (Wildman–Crippen MR) is 208 cm³/mol. The minimum atomic E-state index is -0.430. The van der Waals surface area contributed by atoms with E-state index < -0.39 is 5.82 Å². The van der Waals surface area contributed by atoms with Crippen LogP contribution >= 0.6 is 0 Å². The molecule has 2 fully saturated rings. The molecule has 2 aliphatic rings. The number of nitrogens with one attached hydrogen (secondary N) is 2. The summed E-state index contributed by atoms with van der Waals surface area (Å²) in [7, 11) is 3.63. The van der Waals surface area contributed by atoms with E-state index in [-0.39, 0.29) is 11.6 Å². The highest BCUT2D eigenvalue weighted by Crippen LogP contribution is 2.33. The van der Waals surface area contributed by atoms with Crippen molar-refractivity contribution in [1.82, 2.24) is 50.6 Å². The fourth-order valence-electron chi connectivity index (χ4n) is 7.91. The summed E-state index contributed by atoms with van der Waals surface area (Å²) in [4.78, 5) is 0. The third kappa shape index (κ3) is 7.01. The second-order valence-electron chi connectivity index (χ2n) is 14.6. The summed E-state index contributed by atoms with van der Waals surface area (Å²) >= 11 is 0. The molecule has 2 aliphatic heterocycles. The molecule has 0 amide bonds. The Morgan fingerprint density at radius 2 is 1.00 bits per heavy atom.